The molecule has 0 spiro atoms. The number of benzene rings is 2. The van der Waals surface area contributed by atoms with Gasteiger partial charge >= 0.3 is 0 Å². The van der Waals surface area contributed by atoms with E-state index in [9.17, 15) is 13.2 Å². The molecule has 0 saturated carbocycles. The van der Waals surface area contributed by atoms with E-state index in [1.165, 1.54) is 28.6 Å². The Bertz CT molecular complexity index is 932. The van der Waals surface area contributed by atoms with E-state index in [-0.39, 0.29) is 10.8 Å². The Morgan fingerprint density at radius 3 is 2.58 bits per heavy atom. The Hall–Kier alpha value is -1.16. The van der Waals surface area contributed by atoms with Gasteiger partial charge in [-0.15, -0.1) is 0 Å². The van der Waals surface area contributed by atoms with E-state index in [1.54, 1.807) is 0 Å². The van der Waals surface area contributed by atoms with Crippen LogP contribution in [0.3, 0.4) is 0 Å². The fraction of sp³-hybridized carbons (Fsp3) is 0.278. The second-order valence-corrected chi connectivity index (χ2v) is 9.67. The van der Waals surface area contributed by atoms with Crippen molar-refractivity contribution in [3.8, 4) is 0 Å². The summed E-state index contributed by atoms with van der Waals surface area (Å²) in [5.74, 6) is -0.305. The van der Waals surface area contributed by atoms with Crippen molar-refractivity contribution in [3.05, 3.63) is 56.6 Å². The summed E-state index contributed by atoms with van der Waals surface area (Å²) < 4.78 is 28.2. The third-order valence-corrected chi connectivity index (χ3v) is 7.74. The van der Waals surface area contributed by atoms with Crippen LogP contribution in [0, 0.1) is 10.5 Å². The molecule has 0 aromatic heterocycles. The van der Waals surface area contributed by atoms with Gasteiger partial charge in [0.15, 0.2) is 0 Å². The lowest BCUT2D eigenvalue weighted by Gasteiger charge is -2.23. The Morgan fingerprint density at radius 2 is 1.92 bits per heavy atom. The number of halogens is 2. The summed E-state index contributed by atoms with van der Waals surface area (Å²) in [7, 11) is -3.74. The largest absolute Gasteiger partial charge is 0.325 e. The molecule has 1 N–H and O–H groups in total. The third kappa shape index (κ3) is 4.05. The maximum absolute atomic E-state index is 12.9. The molecule has 2 aromatic carbocycles. The molecule has 1 fully saturated rings. The summed E-state index contributed by atoms with van der Waals surface area (Å²) in [5, 5.41) is 3.31. The Labute approximate surface area is 171 Å². The average molecular weight is 505 g/mol. The molecular formula is C18H18ClIN2O3S. The lowest BCUT2D eigenvalue weighted by Crippen LogP contribution is -2.43. The summed E-state index contributed by atoms with van der Waals surface area (Å²) in [6.07, 6.45) is 1.15. The van der Waals surface area contributed by atoms with Gasteiger partial charge in [-0.1, -0.05) is 11.6 Å². The minimum Gasteiger partial charge on any atom is -0.325 e. The molecule has 0 bridgehead atoms. The molecule has 8 heteroatoms. The molecule has 0 aliphatic carbocycles. The van der Waals surface area contributed by atoms with Gasteiger partial charge in [-0.2, -0.15) is 4.31 Å². The topological polar surface area (TPSA) is 66.5 Å². The Morgan fingerprint density at radius 1 is 1.23 bits per heavy atom. The summed E-state index contributed by atoms with van der Waals surface area (Å²) in [4.78, 5) is 12.9. The van der Waals surface area contributed by atoms with Crippen LogP contribution >= 0.6 is 34.2 Å². The van der Waals surface area contributed by atoms with Crippen LogP contribution in [0.1, 0.15) is 18.4 Å². The van der Waals surface area contributed by atoms with E-state index in [4.69, 9.17) is 11.6 Å². The molecule has 1 amide bonds. The van der Waals surface area contributed by atoms with Crippen molar-refractivity contribution in [3.63, 3.8) is 0 Å². The second kappa shape index (κ2) is 7.84. The van der Waals surface area contributed by atoms with Gasteiger partial charge in [0.1, 0.15) is 6.04 Å². The van der Waals surface area contributed by atoms with Crippen molar-refractivity contribution < 1.29 is 13.2 Å². The zero-order valence-electron chi connectivity index (χ0n) is 14.1. The minimum absolute atomic E-state index is 0.145. The predicted octanol–water partition coefficient (Wildman–Crippen LogP) is 4.04. The van der Waals surface area contributed by atoms with Crippen LogP contribution in [-0.2, 0) is 14.8 Å². The summed E-state index contributed by atoms with van der Waals surface area (Å²) in [6.45, 7) is 2.29. The van der Waals surface area contributed by atoms with Crippen molar-refractivity contribution in [2.24, 2.45) is 0 Å². The maximum atomic E-state index is 12.9. The van der Waals surface area contributed by atoms with Crippen molar-refractivity contribution >= 4 is 55.8 Å². The van der Waals surface area contributed by atoms with Crippen molar-refractivity contribution in [2.45, 2.75) is 30.7 Å². The molecule has 1 atom stereocenters. The fourth-order valence-corrected chi connectivity index (χ4v) is 5.10. The molecule has 1 aliphatic rings. The zero-order chi connectivity index (χ0) is 18.9. The van der Waals surface area contributed by atoms with Gasteiger partial charge in [-0.25, -0.2) is 8.42 Å². The number of nitrogens with zero attached hydrogens (tertiary/aromatic N) is 1. The summed E-state index contributed by atoms with van der Waals surface area (Å²) in [5.41, 5.74) is 1.73. The lowest BCUT2D eigenvalue weighted by atomic mass is 10.2. The first kappa shape index (κ1) is 19.6. The Balaban J connectivity index is 1.81. The molecule has 138 valence electrons. The van der Waals surface area contributed by atoms with Gasteiger partial charge < -0.3 is 5.32 Å². The quantitative estimate of drug-likeness (QED) is 0.639. The number of anilines is 1. The van der Waals surface area contributed by atoms with Crippen LogP contribution in [0.4, 0.5) is 5.69 Å². The molecule has 3 rings (SSSR count). The molecule has 5 nitrogen and oxygen atoms in total. The highest BCUT2D eigenvalue weighted by molar-refractivity contribution is 14.1. The standard InChI is InChI=1S/C18H18ClIN2O3S/c1-12-11-14(6-9-16(12)20)21-18(23)17-3-2-10-22(17)26(24,25)15-7-4-13(19)5-8-15/h4-9,11,17H,2-3,10H2,1H3,(H,21,23)/t17-/m0/s1. The number of carbonyl (C=O) groups is 1. The SMILES string of the molecule is Cc1cc(NC(=O)[C@@H]2CCCN2S(=O)(=O)c2ccc(Cl)cc2)ccc1I. The monoisotopic (exact) mass is 504 g/mol. The zero-order valence-corrected chi connectivity index (χ0v) is 17.8. The molecule has 0 radical (unpaired) electrons. The first-order valence-electron chi connectivity index (χ1n) is 8.13. The maximum Gasteiger partial charge on any atom is 0.243 e. The molecular weight excluding hydrogens is 487 g/mol. The number of carbonyl (C=O) groups excluding carboxylic acids is 1. The number of rotatable bonds is 4. The number of hydrogen-bond donors (Lipinski definition) is 1. The first-order valence-corrected chi connectivity index (χ1v) is 11.0. The van der Waals surface area contributed by atoms with E-state index in [1.807, 2.05) is 25.1 Å². The molecule has 1 aliphatic heterocycles. The molecule has 1 saturated heterocycles. The van der Waals surface area contributed by atoms with Gasteiger partial charge in [0, 0.05) is 20.8 Å². The number of aryl methyl sites for hydroxylation is 1. The highest BCUT2D eigenvalue weighted by Gasteiger charge is 2.39. The third-order valence-electron chi connectivity index (χ3n) is 4.35. The van der Waals surface area contributed by atoms with Gasteiger partial charge in [0.2, 0.25) is 15.9 Å². The van der Waals surface area contributed by atoms with Crippen LogP contribution in [0.5, 0.6) is 0 Å². The fourth-order valence-electron chi connectivity index (χ4n) is 2.98. The molecule has 1 heterocycles. The van der Waals surface area contributed by atoms with Gasteiger partial charge in [-0.3, -0.25) is 4.79 Å². The van der Waals surface area contributed by atoms with E-state index < -0.39 is 16.1 Å². The van der Waals surface area contributed by atoms with E-state index >= 15 is 0 Å². The van der Waals surface area contributed by atoms with Crippen LogP contribution in [-0.4, -0.2) is 31.2 Å². The predicted molar refractivity (Wildman–Crippen MR) is 111 cm³/mol. The molecule has 26 heavy (non-hydrogen) atoms. The smallest absolute Gasteiger partial charge is 0.243 e. The van der Waals surface area contributed by atoms with Crippen molar-refractivity contribution in [1.82, 2.24) is 4.31 Å². The van der Waals surface area contributed by atoms with E-state index in [0.29, 0.717) is 30.1 Å². The molecule has 0 unspecified atom stereocenters. The number of hydrogen-bond acceptors (Lipinski definition) is 3. The van der Waals surface area contributed by atoms with Crippen molar-refractivity contribution in [2.75, 3.05) is 11.9 Å². The van der Waals surface area contributed by atoms with Crippen LogP contribution in [0.2, 0.25) is 5.02 Å². The highest BCUT2D eigenvalue weighted by Crippen LogP contribution is 2.28. The Kier molecular flexibility index (Phi) is 5.91. The number of amides is 1. The van der Waals surface area contributed by atoms with Gasteiger partial charge in [0.05, 0.1) is 4.90 Å². The molecule has 2 aromatic rings. The minimum atomic E-state index is -3.74. The van der Waals surface area contributed by atoms with Gasteiger partial charge in [0.25, 0.3) is 0 Å². The summed E-state index contributed by atoms with van der Waals surface area (Å²) >= 11 is 8.07. The summed E-state index contributed by atoms with van der Waals surface area (Å²) in [6, 6.07) is 10.9. The van der Waals surface area contributed by atoms with Gasteiger partial charge in [-0.05, 0) is 90.4 Å². The van der Waals surface area contributed by atoms with Crippen LogP contribution < -0.4 is 5.32 Å². The van der Waals surface area contributed by atoms with Crippen LogP contribution in [0.25, 0.3) is 0 Å². The number of sulfonamides is 1. The highest BCUT2D eigenvalue weighted by atomic mass is 127. The van der Waals surface area contributed by atoms with E-state index in [2.05, 4.69) is 27.9 Å². The van der Waals surface area contributed by atoms with Crippen molar-refractivity contribution in [1.29, 1.82) is 0 Å². The second-order valence-electron chi connectivity index (χ2n) is 6.18. The van der Waals surface area contributed by atoms with E-state index in [0.717, 1.165) is 9.13 Å². The number of nitrogens with one attached hydrogen (secondary N) is 1. The normalized spacial score (nSPS) is 18.0. The average Bonchev–Trinajstić information content (AvgIpc) is 3.09. The first-order chi connectivity index (χ1) is 12.3. The lowest BCUT2D eigenvalue weighted by molar-refractivity contribution is -0.119. The van der Waals surface area contributed by atoms with Crippen LogP contribution in [0.15, 0.2) is 47.4 Å².